The number of hydrogen-bond donors (Lipinski definition) is 2. The standard InChI is InChI=1S/C16H23FN2O2/c1-11-2-5-13(6-3-11)21-9-8-16(20)19-15-10-12(18)4-7-14(15)17/h4,7,10-11,13H,2-3,5-6,8-9,18H2,1H3,(H,19,20). The average molecular weight is 294 g/mol. The van der Waals surface area contributed by atoms with Gasteiger partial charge in [-0.2, -0.15) is 0 Å². The number of hydrogen-bond acceptors (Lipinski definition) is 3. The van der Waals surface area contributed by atoms with E-state index < -0.39 is 5.82 Å². The van der Waals surface area contributed by atoms with Crippen molar-refractivity contribution < 1.29 is 13.9 Å². The zero-order chi connectivity index (χ0) is 15.2. The van der Waals surface area contributed by atoms with Crippen LogP contribution in [0.15, 0.2) is 18.2 Å². The van der Waals surface area contributed by atoms with Crippen molar-refractivity contribution in [3.63, 3.8) is 0 Å². The molecule has 3 N–H and O–H groups in total. The van der Waals surface area contributed by atoms with Gasteiger partial charge in [-0.3, -0.25) is 4.79 Å². The monoisotopic (exact) mass is 294 g/mol. The molecule has 1 aliphatic carbocycles. The van der Waals surface area contributed by atoms with Gasteiger partial charge in [0, 0.05) is 5.69 Å². The molecule has 1 aromatic rings. The van der Waals surface area contributed by atoms with Crippen LogP contribution in [0.4, 0.5) is 15.8 Å². The summed E-state index contributed by atoms with van der Waals surface area (Å²) in [6.45, 7) is 2.62. The molecule has 4 nitrogen and oxygen atoms in total. The Morgan fingerprint density at radius 2 is 2.10 bits per heavy atom. The quantitative estimate of drug-likeness (QED) is 0.819. The first-order valence-corrected chi connectivity index (χ1v) is 7.51. The molecule has 1 saturated carbocycles. The van der Waals surface area contributed by atoms with Crippen LogP contribution in [0.25, 0.3) is 0 Å². The Kier molecular flexibility index (Phi) is 5.56. The van der Waals surface area contributed by atoms with Crippen molar-refractivity contribution in [3.05, 3.63) is 24.0 Å². The fourth-order valence-electron chi connectivity index (χ4n) is 2.57. The Labute approximate surface area is 124 Å². The maximum Gasteiger partial charge on any atom is 0.226 e. The van der Waals surface area contributed by atoms with E-state index >= 15 is 0 Å². The van der Waals surface area contributed by atoms with E-state index in [0.717, 1.165) is 18.8 Å². The summed E-state index contributed by atoms with van der Waals surface area (Å²) < 4.78 is 19.2. The van der Waals surface area contributed by atoms with E-state index in [0.29, 0.717) is 12.3 Å². The van der Waals surface area contributed by atoms with E-state index in [-0.39, 0.29) is 24.1 Å². The minimum Gasteiger partial charge on any atom is -0.399 e. The number of nitrogens with one attached hydrogen (secondary N) is 1. The molecule has 0 heterocycles. The molecule has 0 spiro atoms. The highest BCUT2D eigenvalue weighted by molar-refractivity contribution is 5.91. The summed E-state index contributed by atoms with van der Waals surface area (Å²) in [6, 6.07) is 4.11. The number of ether oxygens (including phenoxy) is 1. The number of benzene rings is 1. The van der Waals surface area contributed by atoms with Crippen LogP contribution in [0.5, 0.6) is 0 Å². The van der Waals surface area contributed by atoms with E-state index in [1.165, 1.54) is 31.0 Å². The van der Waals surface area contributed by atoms with E-state index in [9.17, 15) is 9.18 Å². The van der Waals surface area contributed by atoms with Gasteiger partial charge in [-0.15, -0.1) is 0 Å². The van der Waals surface area contributed by atoms with Crippen LogP contribution in [0.2, 0.25) is 0 Å². The molecule has 1 aromatic carbocycles. The van der Waals surface area contributed by atoms with E-state index in [1.807, 2.05) is 0 Å². The number of nitrogens with two attached hydrogens (primary N) is 1. The Morgan fingerprint density at radius 1 is 1.38 bits per heavy atom. The van der Waals surface area contributed by atoms with Crippen molar-refractivity contribution in [1.82, 2.24) is 0 Å². The van der Waals surface area contributed by atoms with E-state index in [1.54, 1.807) is 0 Å². The lowest BCUT2D eigenvalue weighted by molar-refractivity contribution is -0.117. The molecule has 0 radical (unpaired) electrons. The van der Waals surface area contributed by atoms with Gasteiger partial charge >= 0.3 is 0 Å². The normalized spacial score (nSPS) is 22.0. The first-order chi connectivity index (χ1) is 10.0. The highest BCUT2D eigenvalue weighted by Gasteiger charge is 2.18. The molecule has 5 heteroatoms. The third-order valence-electron chi connectivity index (χ3n) is 3.91. The van der Waals surface area contributed by atoms with E-state index in [4.69, 9.17) is 10.5 Å². The third kappa shape index (κ3) is 5.01. The van der Waals surface area contributed by atoms with Gasteiger partial charge in [-0.25, -0.2) is 4.39 Å². The minimum atomic E-state index is -0.486. The Morgan fingerprint density at radius 3 is 2.81 bits per heavy atom. The predicted octanol–water partition coefficient (Wildman–Crippen LogP) is 3.33. The highest BCUT2D eigenvalue weighted by Crippen LogP contribution is 2.25. The lowest BCUT2D eigenvalue weighted by atomic mass is 9.89. The number of carbonyl (C=O) groups excluding carboxylic acids is 1. The van der Waals surface area contributed by atoms with Crippen molar-refractivity contribution in [2.75, 3.05) is 17.7 Å². The van der Waals surface area contributed by atoms with Crippen molar-refractivity contribution in [1.29, 1.82) is 0 Å². The van der Waals surface area contributed by atoms with Crippen LogP contribution in [-0.4, -0.2) is 18.6 Å². The second kappa shape index (κ2) is 7.41. The first kappa shape index (κ1) is 15.8. The molecular weight excluding hydrogens is 271 g/mol. The highest BCUT2D eigenvalue weighted by atomic mass is 19.1. The fourth-order valence-corrected chi connectivity index (χ4v) is 2.57. The summed E-state index contributed by atoms with van der Waals surface area (Å²) in [6.07, 6.45) is 4.98. The van der Waals surface area contributed by atoms with Gasteiger partial charge in [-0.05, 0) is 49.8 Å². The summed E-state index contributed by atoms with van der Waals surface area (Å²) in [4.78, 5) is 11.8. The van der Waals surface area contributed by atoms with Gasteiger partial charge in [0.25, 0.3) is 0 Å². The average Bonchev–Trinajstić information content (AvgIpc) is 2.45. The second-order valence-corrected chi connectivity index (χ2v) is 5.79. The molecule has 0 unspecified atom stereocenters. The first-order valence-electron chi connectivity index (χ1n) is 7.51. The van der Waals surface area contributed by atoms with Gasteiger partial charge in [0.05, 0.1) is 24.8 Å². The molecule has 0 atom stereocenters. The number of anilines is 2. The molecule has 0 saturated heterocycles. The number of rotatable bonds is 5. The fraction of sp³-hybridized carbons (Fsp3) is 0.562. The molecule has 1 aliphatic rings. The molecular formula is C16H23FN2O2. The zero-order valence-corrected chi connectivity index (χ0v) is 12.4. The van der Waals surface area contributed by atoms with Gasteiger partial charge in [-0.1, -0.05) is 6.92 Å². The molecule has 0 aliphatic heterocycles. The molecule has 2 rings (SSSR count). The molecule has 0 aromatic heterocycles. The lowest BCUT2D eigenvalue weighted by Gasteiger charge is -2.26. The summed E-state index contributed by atoms with van der Waals surface area (Å²) in [5.41, 5.74) is 6.10. The Hall–Kier alpha value is -1.62. The van der Waals surface area contributed by atoms with E-state index in [2.05, 4.69) is 12.2 Å². The van der Waals surface area contributed by atoms with Crippen LogP contribution in [0.1, 0.15) is 39.0 Å². The topological polar surface area (TPSA) is 64.3 Å². The second-order valence-electron chi connectivity index (χ2n) is 5.79. The molecule has 1 fully saturated rings. The number of carbonyl (C=O) groups is 1. The Balaban J connectivity index is 1.71. The summed E-state index contributed by atoms with van der Waals surface area (Å²) in [5, 5.41) is 2.52. The third-order valence-corrected chi connectivity index (χ3v) is 3.91. The number of amides is 1. The van der Waals surface area contributed by atoms with Gasteiger partial charge in [0.15, 0.2) is 0 Å². The smallest absolute Gasteiger partial charge is 0.226 e. The SMILES string of the molecule is CC1CCC(OCCC(=O)Nc2cc(N)ccc2F)CC1. The van der Waals surface area contributed by atoms with Crippen LogP contribution in [0.3, 0.4) is 0 Å². The van der Waals surface area contributed by atoms with Crippen LogP contribution < -0.4 is 11.1 Å². The van der Waals surface area contributed by atoms with Crippen molar-refractivity contribution in [2.24, 2.45) is 5.92 Å². The molecule has 0 bridgehead atoms. The molecule has 116 valence electrons. The summed E-state index contributed by atoms with van der Waals surface area (Å²) >= 11 is 0. The van der Waals surface area contributed by atoms with Crippen LogP contribution in [-0.2, 0) is 9.53 Å². The van der Waals surface area contributed by atoms with Gasteiger partial charge in [0.2, 0.25) is 5.91 Å². The van der Waals surface area contributed by atoms with Gasteiger partial charge in [0.1, 0.15) is 5.82 Å². The molecule has 1 amide bonds. The zero-order valence-electron chi connectivity index (χ0n) is 12.4. The Bertz CT molecular complexity index is 485. The van der Waals surface area contributed by atoms with Crippen molar-refractivity contribution in [2.45, 2.75) is 45.1 Å². The maximum absolute atomic E-state index is 13.5. The summed E-state index contributed by atoms with van der Waals surface area (Å²) in [7, 11) is 0. The largest absolute Gasteiger partial charge is 0.399 e. The number of nitrogen functional groups attached to an aromatic ring is 1. The molecule has 21 heavy (non-hydrogen) atoms. The van der Waals surface area contributed by atoms with Crippen LogP contribution in [0, 0.1) is 11.7 Å². The van der Waals surface area contributed by atoms with Crippen molar-refractivity contribution >= 4 is 17.3 Å². The minimum absolute atomic E-state index is 0.117. The number of halogens is 1. The van der Waals surface area contributed by atoms with Crippen LogP contribution >= 0.6 is 0 Å². The lowest BCUT2D eigenvalue weighted by Crippen LogP contribution is -2.23. The van der Waals surface area contributed by atoms with Gasteiger partial charge < -0.3 is 15.8 Å². The van der Waals surface area contributed by atoms with Crippen molar-refractivity contribution in [3.8, 4) is 0 Å². The summed E-state index contributed by atoms with van der Waals surface area (Å²) in [5.74, 6) is 0.0306. The maximum atomic E-state index is 13.5. The predicted molar refractivity (Wildman–Crippen MR) is 81.4 cm³/mol.